The van der Waals surface area contributed by atoms with Crippen molar-refractivity contribution < 1.29 is 9.53 Å². The first kappa shape index (κ1) is 26.9. The predicted octanol–water partition coefficient (Wildman–Crippen LogP) is 4.08. The highest BCUT2D eigenvalue weighted by molar-refractivity contribution is 5.94. The van der Waals surface area contributed by atoms with Crippen molar-refractivity contribution in [3.8, 4) is 11.8 Å². The van der Waals surface area contributed by atoms with E-state index in [1.54, 1.807) is 18.3 Å². The van der Waals surface area contributed by atoms with E-state index in [4.69, 9.17) is 10.00 Å². The number of aryl methyl sites for hydroxylation is 1. The Morgan fingerprint density at radius 1 is 1.26 bits per heavy atom. The summed E-state index contributed by atoms with van der Waals surface area (Å²) in [5.41, 5.74) is 3.87. The van der Waals surface area contributed by atoms with Crippen LogP contribution in [0.5, 0.6) is 5.75 Å². The number of anilines is 1. The number of nitriles is 1. The van der Waals surface area contributed by atoms with Crippen LogP contribution in [-0.2, 0) is 11.3 Å². The van der Waals surface area contributed by atoms with Gasteiger partial charge in [-0.3, -0.25) is 9.69 Å². The lowest BCUT2D eigenvalue weighted by atomic mass is 9.86. The molecule has 2 aromatic rings. The number of ether oxygens (including phenoxy) is 1. The molecule has 0 unspecified atom stereocenters. The molecule has 1 aromatic carbocycles. The largest absolute Gasteiger partial charge is 0.490 e. The quantitative estimate of drug-likeness (QED) is 0.647. The lowest BCUT2D eigenvalue weighted by molar-refractivity contribution is -0.123. The highest BCUT2D eigenvalue weighted by Gasteiger charge is 2.30. The number of amides is 1. The highest BCUT2D eigenvalue weighted by atomic mass is 35.5. The topological polar surface area (TPSA) is 81.5 Å². The second-order valence-corrected chi connectivity index (χ2v) is 9.68. The van der Waals surface area contributed by atoms with Gasteiger partial charge in [-0.15, -0.1) is 12.4 Å². The van der Waals surface area contributed by atoms with Crippen molar-refractivity contribution in [3.05, 3.63) is 53.3 Å². The Balaban J connectivity index is 0.00000342. The number of piperazine rings is 1. The fourth-order valence-corrected chi connectivity index (χ4v) is 5.03. The predicted molar refractivity (Wildman–Crippen MR) is 140 cm³/mol. The summed E-state index contributed by atoms with van der Waals surface area (Å²) in [6.07, 6.45) is 4.93. The molecular formula is C27H36ClN5O2. The fourth-order valence-electron chi connectivity index (χ4n) is 5.03. The van der Waals surface area contributed by atoms with Gasteiger partial charge in [0, 0.05) is 63.1 Å². The van der Waals surface area contributed by atoms with E-state index in [0.717, 1.165) is 57.5 Å². The molecule has 1 aliphatic heterocycles. The maximum absolute atomic E-state index is 13.2. The Kier molecular flexibility index (Phi) is 9.50. The molecule has 1 saturated heterocycles. The summed E-state index contributed by atoms with van der Waals surface area (Å²) >= 11 is 0. The van der Waals surface area contributed by atoms with E-state index in [0.29, 0.717) is 17.5 Å². The molecule has 2 fully saturated rings. The van der Waals surface area contributed by atoms with E-state index in [2.05, 4.69) is 47.2 Å². The van der Waals surface area contributed by atoms with Crippen LogP contribution in [0.25, 0.3) is 0 Å². The molecule has 2 heterocycles. The Morgan fingerprint density at radius 3 is 2.71 bits per heavy atom. The van der Waals surface area contributed by atoms with Crippen LogP contribution in [0.3, 0.4) is 0 Å². The number of hydrogen-bond acceptors (Lipinski definition) is 6. The Hall–Kier alpha value is -2.66. The molecular weight excluding hydrogens is 462 g/mol. The van der Waals surface area contributed by atoms with Crippen LogP contribution in [0, 0.1) is 24.2 Å². The van der Waals surface area contributed by atoms with E-state index in [1.807, 2.05) is 18.0 Å². The highest BCUT2D eigenvalue weighted by Crippen LogP contribution is 2.30. The van der Waals surface area contributed by atoms with E-state index < -0.39 is 0 Å². The minimum absolute atomic E-state index is 0. The van der Waals surface area contributed by atoms with Gasteiger partial charge in [0.05, 0.1) is 6.10 Å². The maximum Gasteiger partial charge on any atom is 0.229 e. The SMILES string of the molecule is Cc1cc(N(C)C(=O)[C@H]2CC[C@H](Oc3ccnc(C#N)c3)CC2)ccc1CN1CCN[C@@H](C)C1.Cl. The van der Waals surface area contributed by atoms with Crippen LogP contribution in [-0.4, -0.2) is 54.6 Å². The van der Waals surface area contributed by atoms with E-state index in [-0.39, 0.29) is 30.3 Å². The van der Waals surface area contributed by atoms with Crippen LogP contribution in [0.4, 0.5) is 5.69 Å². The van der Waals surface area contributed by atoms with Gasteiger partial charge in [-0.25, -0.2) is 4.98 Å². The molecule has 35 heavy (non-hydrogen) atoms. The number of pyridine rings is 1. The van der Waals surface area contributed by atoms with Crippen LogP contribution >= 0.6 is 12.4 Å². The third kappa shape index (κ3) is 6.94. The molecule has 7 nitrogen and oxygen atoms in total. The van der Waals surface area contributed by atoms with Crippen molar-refractivity contribution in [2.24, 2.45) is 5.92 Å². The second-order valence-electron chi connectivity index (χ2n) is 9.68. The number of carbonyl (C=O) groups excluding carboxylic acids is 1. The lowest BCUT2D eigenvalue weighted by Crippen LogP contribution is -2.48. The van der Waals surface area contributed by atoms with Gasteiger partial charge in [0.25, 0.3) is 0 Å². The summed E-state index contributed by atoms with van der Waals surface area (Å²) in [6.45, 7) is 8.48. The number of rotatable bonds is 6. The molecule has 8 heteroatoms. The average molecular weight is 498 g/mol. The lowest BCUT2D eigenvalue weighted by Gasteiger charge is -2.32. The van der Waals surface area contributed by atoms with Crippen molar-refractivity contribution in [2.45, 2.75) is 58.2 Å². The molecule has 1 aliphatic carbocycles. The molecule has 0 spiro atoms. The van der Waals surface area contributed by atoms with Crippen LogP contribution < -0.4 is 15.0 Å². The number of nitrogens with one attached hydrogen (secondary N) is 1. The minimum Gasteiger partial charge on any atom is -0.490 e. The third-order valence-electron chi connectivity index (χ3n) is 7.06. The van der Waals surface area contributed by atoms with Gasteiger partial charge < -0.3 is 15.0 Å². The second kappa shape index (κ2) is 12.3. The number of aromatic nitrogens is 1. The minimum atomic E-state index is 0. The van der Waals surface area contributed by atoms with Gasteiger partial charge in [0.2, 0.25) is 5.91 Å². The van der Waals surface area contributed by atoms with E-state index in [9.17, 15) is 4.79 Å². The number of carbonyl (C=O) groups is 1. The molecule has 0 bridgehead atoms. The van der Waals surface area contributed by atoms with Gasteiger partial charge in [0.1, 0.15) is 17.5 Å². The number of nitrogens with zero attached hydrogens (tertiary/aromatic N) is 4. The molecule has 4 rings (SSSR count). The zero-order valence-electron chi connectivity index (χ0n) is 20.9. The third-order valence-corrected chi connectivity index (χ3v) is 7.06. The maximum atomic E-state index is 13.2. The van der Waals surface area contributed by atoms with E-state index in [1.165, 1.54) is 11.1 Å². The standard InChI is InChI=1S/C27H35N5O2.ClH/c1-19-14-24(7-4-22(19)18-32-13-12-29-20(2)17-32)31(3)27(33)21-5-8-25(9-6-21)34-26-10-11-30-23(15-26)16-28;/h4,7,10-11,14-15,20-21,25,29H,5-6,8-9,12-13,17-18H2,1-3H3;1H/t20-,21-,25-;/m0./s1. The first-order valence-corrected chi connectivity index (χ1v) is 12.3. The first-order valence-electron chi connectivity index (χ1n) is 12.3. The molecule has 1 N–H and O–H groups in total. The number of hydrogen-bond donors (Lipinski definition) is 1. The van der Waals surface area contributed by atoms with Gasteiger partial charge >= 0.3 is 0 Å². The van der Waals surface area contributed by atoms with E-state index >= 15 is 0 Å². The summed E-state index contributed by atoms with van der Waals surface area (Å²) in [7, 11) is 1.89. The average Bonchev–Trinajstić information content (AvgIpc) is 2.85. The van der Waals surface area contributed by atoms with Crippen LogP contribution in [0.1, 0.15) is 49.4 Å². The van der Waals surface area contributed by atoms with Crippen molar-refractivity contribution in [2.75, 3.05) is 31.6 Å². The smallest absolute Gasteiger partial charge is 0.229 e. The molecule has 188 valence electrons. The Labute approximate surface area is 214 Å². The molecule has 1 saturated carbocycles. The molecule has 1 atom stereocenters. The van der Waals surface area contributed by atoms with Gasteiger partial charge in [-0.2, -0.15) is 5.26 Å². The number of benzene rings is 1. The summed E-state index contributed by atoms with van der Waals surface area (Å²) in [5, 5.41) is 12.5. The normalized spacial score (nSPS) is 22.5. The van der Waals surface area contributed by atoms with Crippen LogP contribution in [0.2, 0.25) is 0 Å². The monoisotopic (exact) mass is 497 g/mol. The first-order chi connectivity index (χ1) is 16.4. The van der Waals surface area contributed by atoms with Gasteiger partial charge in [0.15, 0.2) is 0 Å². The van der Waals surface area contributed by atoms with Gasteiger partial charge in [-0.1, -0.05) is 6.07 Å². The molecule has 0 radical (unpaired) electrons. The summed E-state index contributed by atoms with van der Waals surface area (Å²) < 4.78 is 6.04. The van der Waals surface area contributed by atoms with Gasteiger partial charge in [-0.05, 0) is 68.9 Å². The summed E-state index contributed by atoms with van der Waals surface area (Å²) in [6, 6.07) is 12.4. The zero-order chi connectivity index (χ0) is 24.1. The zero-order valence-corrected chi connectivity index (χ0v) is 21.7. The van der Waals surface area contributed by atoms with Crippen molar-refractivity contribution in [1.29, 1.82) is 5.26 Å². The Morgan fingerprint density at radius 2 is 2.03 bits per heavy atom. The van der Waals surface area contributed by atoms with Crippen molar-refractivity contribution in [1.82, 2.24) is 15.2 Å². The molecule has 1 aromatic heterocycles. The van der Waals surface area contributed by atoms with Crippen molar-refractivity contribution in [3.63, 3.8) is 0 Å². The molecule has 1 amide bonds. The molecule has 2 aliphatic rings. The Bertz CT molecular complexity index is 1050. The summed E-state index contributed by atoms with van der Waals surface area (Å²) in [5.74, 6) is 0.862. The van der Waals surface area contributed by atoms with Crippen molar-refractivity contribution >= 4 is 24.0 Å². The number of halogens is 1. The fraction of sp³-hybridized carbons (Fsp3) is 0.519. The van der Waals surface area contributed by atoms with Crippen LogP contribution in [0.15, 0.2) is 36.5 Å². The summed E-state index contributed by atoms with van der Waals surface area (Å²) in [4.78, 5) is 21.5.